The lowest BCUT2D eigenvalue weighted by molar-refractivity contribution is 0.0521. The van der Waals surface area contributed by atoms with E-state index in [1.54, 1.807) is 11.5 Å². The molecule has 0 bridgehead atoms. The Bertz CT molecular complexity index is 621. The summed E-state index contributed by atoms with van der Waals surface area (Å²) in [5.74, 6) is 0.435. The molecule has 7 nitrogen and oxygen atoms in total. The van der Waals surface area contributed by atoms with Crippen molar-refractivity contribution in [2.75, 3.05) is 23.8 Å². The Hall–Kier alpha value is -1.57. The van der Waals surface area contributed by atoms with E-state index in [0.717, 1.165) is 0 Å². The lowest BCUT2D eigenvalue weighted by atomic mass is 10.2. The van der Waals surface area contributed by atoms with Crippen LogP contribution in [0.5, 0.6) is 0 Å². The third-order valence-corrected chi connectivity index (χ3v) is 5.13. The smallest absolute Gasteiger partial charge is 0.360 e. The number of carbonyl (C=O) groups excluding carboxylic acids is 1. The maximum Gasteiger partial charge on any atom is 0.360 e. The number of rotatable bonds is 4. The van der Waals surface area contributed by atoms with E-state index >= 15 is 0 Å². The Kier molecular flexibility index (Phi) is 4.03. The Morgan fingerprint density at radius 1 is 1.50 bits per heavy atom. The van der Waals surface area contributed by atoms with Gasteiger partial charge in [0.1, 0.15) is 11.6 Å². The van der Waals surface area contributed by atoms with Gasteiger partial charge in [0.05, 0.1) is 24.2 Å². The maximum atomic E-state index is 11.8. The van der Waals surface area contributed by atoms with Crippen LogP contribution in [-0.4, -0.2) is 42.1 Å². The highest BCUT2D eigenvalue weighted by molar-refractivity contribution is 7.91. The zero-order valence-electron chi connectivity index (χ0n) is 11.6. The number of esters is 1. The van der Waals surface area contributed by atoms with Crippen molar-refractivity contribution in [2.24, 2.45) is 0 Å². The quantitative estimate of drug-likeness (QED) is 0.815. The van der Waals surface area contributed by atoms with E-state index in [-0.39, 0.29) is 35.7 Å². The summed E-state index contributed by atoms with van der Waals surface area (Å²) in [6, 6.07) is -0.245. The van der Waals surface area contributed by atoms with Gasteiger partial charge in [-0.05, 0) is 13.3 Å². The first kappa shape index (κ1) is 14.8. The van der Waals surface area contributed by atoms with Gasteiger partial charge >= 0.3 is 5.97 Å². The van der Waals surface area contributed by atoms with E-state index < -0.39 is 15.8 Å². The number of anilines is 1. The molecule has 20 heavy (non-hydrogen) atoms. The molecular weight excluding hydrogens is 282 g/mol. The van der Waals surface area contributed by atoms with Crippen molar-refractivity contribution in [1.29, 1.82) is 0 Å². The van der Waals surface area contributed by atoms with Gasteiger partial charge in [0, 0.05) is 6.42 Å². The molecule has 0 aliphatic carbocycles. The van der Waals surface area contributed by atoms with Crippen LogP contribution < -0.4 is 5.73 Å². The molecule has 0 aromatic carbocycles. The fourth-order valence-corrected chi connectivity index (χ4v) is 4.18. The molecule has 0 saturated carbocycles. The lowest BCUT2D eigenvalue weighted by Gasteiger charge is -2.15. The number of hydrogen-bond acceptors (Lipinski definition) is 6. The van der Waals surface area contributed by atoms with Crippen LogP contribution >= 0.6 is 0 Å². The Labute approximate surface area is 118 Å². The fraction of sp³-hybridized carbons (Fsp3) is 0.667. The average molecular weight is 301 g/mol. The maximum absolute atomic E-state index is 11.8. The van der Waals surface area contributed by atoms with Gasteiger partial charge in [-0.2, -0.15) is 0 Å². The molecule has 2 rings (SSSR count). The molecule has 0 amide bonds. The predicted molar refractivity (Wildman–Crippen MR) is 74.3 cm³/mol. The summed E-state index contributed by atoms with van der Waals surface area (Å²) in [6.07, 6.45) is 1.07. The normalized spacial score (nSPS) is 21.0. The fourth-order valence-electron chi connectivity index (χ4n) is 2.48. The van der Waals surface area contributed by atoms with Gasteiger partial charge in [-0.25, -0.2) is 18.2 Å². The topological polar surface area (TPSA) is 104 Å². The highest BCUT2D eigenvalue weighted by atomic mass is 32.2. The van der Waals surface area contributed by atoms with Crippen LogP contribution in [0.1, 0.15) is 42.6 Å². The second-order valence-corrected chi connectivity index (χ2v) is 6.99. The molecular formula is C12H19N3O4S. The van der Waals surface area contributed by atoms with Gasteiger partial charge in [-0.15, -0.1) is 0 Å². The van der Waals surface area contributed by atoms with Crippen molar-refractivity contribution in [3.63, 3.8) is 0 Å². The predicted octanol–water partition coefficient (Wildman–Crippen LogP) is 0.564. The number of nitrogens with two attached hydrogens (primary N) is 1. The number of nitrogens with zero attached hydrogens (tertiary/aromatic N) is 2. The number of aromatic nitrogens is 2. The van der Waals surface area contributed by atoms with E-state index in [1.807, 2.05) is 6.92 Å². The second kappa shape index (κ2) is 5.43. The number of ether oxygens (including phenoxy) is 1. The molecule has 1 aromatic heterocycles. The van der Waals surface area contributed by atoms with Crippen LogP contribution in [0.15, 0.2) is 0 Å². The number of aryl methyl sites for hydroxylation is 1. The molecule has 1 aliphatic rings. The summed E-state index contributed by atoms with van der Waals surface area (Å²) in [6.45, 7) is 3.83. The first-order valence-electron chi connectivity index (χ1n) is 6.63. The van der Waals surface area contributed by atoms with E-state index in [9.17, 15) is 13.2 Å². The summed E-state index contributed by atoms with van der Waals surface area (Å²) in [5.41, 5.74) is 6.06. The third-order valence-electron chi connectivity index (χ3n) is 3.38. The van der Waals surface area contributed by atoms with Crippen molar-refractivity contribution in [1.82, 2.24) is 9.55 Å². The van der Waals surface area contributed by atoms with Crippen LogP contribution in [0.2, 0.25) is 0 Å². The van der Waals surface area contributed by atoms with Crippen molar-refractivity contribution in [3.8, 4) is 0 Å². The zero-order valence-corrected chi connectivity index (χ0v) is 12.4. The molecule has 1 aliphatic heterocycles. The molecule has 112 valence electrons. The van der Waals surface area contributed by atoms with Gasteiger partial charge < -0.3 is 15.0 Å². The van der Waals surface area contributed by atoms with Crippen LogP contribution in [0.25, 0.3) is 0 Å². The van der Waals surface area contributed by atoms with Crippen LogP contribution in [0.3, 0.4) is 0 Å². The SMILES string of the molecule is CCOC(=O)c1nc(CC)n(C2CCS(=O)(=O)C2)c1N. The standard InChI is InChI=1S/C12H19N3O4S/c1-3-9-14-10(12(16)19-4-2)11(13)15(9)8-5-6-20(17,18)7-8/h8H,3-7,13H2,1-2H3. The third kappa shape index (κ3) is 2.65. The Morgan fingerprint density at radius 2 is 2.20 bits per heavy atom. The van der Waals surface area contributed by atoms with Gasteiger partial charge in [-0.1, -0.05) is 6.92 Å². The Morgan fingerprint density at radius 3 is 2.70 bits per heavy atom. The summed E-state index contributed by atoms with van der Waals surface area (Å²) < 4.78 is 29.8. The second-order valence-electron chi connectivity index (χ2n) is 4.76. The minimum atomic E-state index is -3.03. The zero-order chi connectivity index (χ0) is 14.9. The minimum absolute atomic E-state index is 0.0445. The van der Waals surface area contributed by atoms with Crippen molar-refractivity contribution >= 4 is 21.6 Å². The van der Waals surface area contributed by atoms with E-state index in [4.69, 9.17) is 10.5 Å². The molecule has 1 aromatic rings. The molecule has 1 fully saturated rings. The largest absolute Gasteiger partial charge is 0.461 e. The van der Waals surface area contributed by atoms with Crippen molar-refractivity contribution in [2.45, 2.75) is 32.7 Å². The highest BCUT2D eigenvalue weighted by Gasteiger charge is 2.33. The van der Waals surface area contributed by atoms with Gasteiger partial charge in [0.2, 0.25) is 0 Å². The van der Waals surface area contributed by atoms with Gasteiger partial charge in [0.15, 0.2) is 15.5 Å². The monoisotopic (exact) mass is 301 g/mol. The average Bonchev–Trinajstić information content (AvgIpc) is 2.89. The summed E-state index contributed by atoms with van der Waals surface area (Å²) in [7, 11) is -3.03. The molecule has 0 radical (unpaired) electrons. The van der Waals surface area contributed by atoms with Gasteiger partial charge in [0.25, 0.3) is 0 Å². The minimum Gasteiger partial charge on any atom is -0.461 e. The molecule has 2 N–H and O–H groups in total. The van der Waals surface area contributed by atoms with Crippen LogP contribution in [0, 0.1) is 0 Å². The molecule has 1 atom stereocenters. The van der Waals surface area contributed by atoms with Crippen LogP contribution in [-0.2, 0) is 21.0 Å². The number of sulfone groups is 1. The van der Waals surface area contributed by atoms with Gasteiger partial charge in [-0.3, -0.25) is 0 Å². The molecule has 0 spiro atoms. The molecule has 8 heteroatoms. The summed E-state index contributed by atoms with van der Waals surface area (Å²) in [4.78, 5) is 16.0. The first-order valence-corrected chi connectivity index (χ1v) is 8.45. The Balaban J connectivity index is 2.40. The van der Waals surface area contributed by atoms with E-state index in [1.165, 1.54) is 0 Å². The number of hydrogen-bond donors (Lipinski definition) is 1. The number of nitrogen functional groups attached to an aromatic ring is 1. The summed E-state index contributed by atoms with van der Waals surface area (Å²) >= 11 is 0. The van der Waals surface area contributed by atoms with Crippen molar-refractivity contribution < 1.29 is 17.9 Å². The highest BCUT2D eigenvalue weighted by Crippen LogP contribution is 2.29. The molecule has 2 heterocycles. The number of imidazole rings is 1. The molecule has 1 unspecified atom stereocenters. The van der Waals surface area contributed by atoms with Crippen molar-refractivity contribution in [3.05, 3.63) is 11.5 Å². The van der Waals surface area contributed by atoms with E-state index in [2.05, 4.69) is 4.98 Å². The number of carbonyl (C=O) groups is 1. The van der Waals surface area contributed by atoms with E-state index in [0.29, 0.717) is 18.7 Å². The lowest BCUT2D eigenvalue weighted by Crippen LogP contribution is -2.16. The molecule has 1 saturated heterocycles. The summed E-state index contributed by atoms with van der Waals surface area (Å²) in [5, 5.41) is 0. The first-order chi connectivity index (χ1) is 9.39. The van der Waals surface area contributed by atoms with Crippen LogP contribution in [0.4, 0.5) is 5.82 Å².